The van der Waals surface area contributed by atoms with Crippen LogP contribution >= 0.6 is 34.3 Å². The average Bonchev–Trinajstić information content (AvgIpc) is 3.50. The molecule has 0 saturated carbocycles. The molecule has 3 N–H and O–H groups in total. The first-order chi connectivity index (χ1) is 15.3. The molecule has 2 aromatic heterocycles. The zero-order valence-corrected chi connectivity index (χ0v) is 20.5. The van der Waals surface area contributed by atoms with Crippen molar-refractivity contribution >= 4 is 56.1 Å². The van der Waals surface area contributed by atoms with Gasteiger partial charge in [-0.1, -0.05) is 11.6 Å². The molecule has 0 aliphatic carbocycles. The number of rotatable bonds is 7. The Morgan fingerprint density at radius 2 is 1.84 bits per heavy atom. The minimum atomic E-state index is -3.87. The van der Waals surface area contributed by atoms with Gasteiger partial charge in [-0.15, -0.1) is 22.7 Å². The van der Waals surface area contributed by atoms with Crippen molar-refractivity contribution in [3.63, 3.8) is 0 Å². The van der Waals surface area contributed by atoms with Gasteiger partial charge in [0.15, 0.2) is 0 Å². The van der Waals surface area contributed by atoms with Crippen LogP contribution in [0.1, 0.15) is 25.7 Å². The number of sulfonamides is 1. The summed E-state index contributed by atoms with van der Waals surface area (Å²) >= 11 is 8.48. The van der Waals surface area contributed by atoms with E-state index in [0.717, 1.165) is 33.9 Å². The Bertz CT molecular complexity index is 1100. The number of piperidine rings is 1. The quantitative estimate of drug-likeness (QED) is 0.586. The number of carbonyl (C=O) groups is 2. The molecule has 0 radical (unpaired) electrons. The summed E-state index contributed by atoms with van der Waals surface area (Å²) in [5.74, 6) is -0.495. The smallest absolute Gasteiger partial charge is 0.250 e. The fraction of sp³-hybridized carbons (Fsp3) is 0.500. The number of nitrogens with zero attached hydrogens (tertiary/aromatic N) is 2. The van der Waals surface area contributed by atoms with Gasteiger partial charge < -0.3 is 15.5 Å². The first kappa shape index (κ1) is 23.7. The number of carbonyl (C=O) groups excluding carboxylic acids is 2. The summed E-state index contributed by atoms with van der Waals surface area (Å²) in [7, 11) is -3.87. The van der Waals surface area contributed by atoms with E-state index in [1.54, 1.807) is 17.0 Å². The van der Waals surface area contributed by atoms with E-state index in [1.807, 2.05) is 6.07 Å². The highest BCUT2D eigenvalue weighted by molar-refractivity contribution is 7.91. The first-order valence-corrected chi connectivity index (χ1v) is 13.9. The molecule has 2 atom stereocenters. The van der Waals surface area contributed by atoms with Crippen LogP contribution in [0.2, 0.25) is 4.34 Å². The number of thiophene rings is 2. The van der Waals surface area contributed by atoms with Gasteiger partial charge in [0.1, 0.15) is 10.3 Å². The largest absolute Gasteiger partial charge is 0.337 e. The van der Waals surface area contributed by atoms with Crippen molar-refractivity contribution < 1.29 is 18.0 Å². The lowest BCUT2D eigenvalue weighted by Crippen LogP contribution is -2.55. The van der Waals surface area contributed by atoms with Crippen molar-refractivity contribution in [3.8, 4) is 9.75 Å². The van der Waals surface area contributed by atoms with Crippen LogP contribution < -0.4 is 10.5 Å². The normalized spacial score (nSPS) is 22.0. The fourth-order valence-corrected chi connectivity index (χ4v) is 7.84. The van der Waals surface area contributed by atoms with Gasteiger partial charge in [-0.3, -0.25) is 9.59 Å². The highest BCUT2D eigenvalue weighted by Crippen LogP contribution is 2.36. The third-order valence-corrected chi connectivity index (χ3v) is 10.3. The van der Waals surface area contributed by atoms with Gasteiger partial charge in [0.25, 0.3) is 10.0 Å². The lowest BCUT2D eigenvalue weighted by atomic mass is 10.1. The van der Waals surface area contributed by atoms with E-state index in [0.29, 0.717) is 36.8 Å². The van der Waals surface area contributed by atoms with Gasteiger partial charge >= 0.3 is 0 Å². The molecular formula is C20H25ClN4O4S3. The third-order valence-electron chi connectivity index (χ3n) is 5.79. The lowest BCUT2D eigenvalue weighted by Gasteiger charge is -2.34. The van der Waals surface area contributed by atoms with Crippen molar-refractivity contribution in [1.29, 1.82) is 0 Å². The zero-order valence-electron chi connectivity index (χ0n) is 17.3. The van der Waals surface area contributed by atoms with E-state index < -0.39 is 16.1 Å². The fourth-order valence-electron chi connectivity index (χ4n) is 4.16. The van der Waals surface area contributed by atoms with E-state index in [9.17, 15) is 18.0 Å². The van der Waals surface area contributed by atoms with Crippen molar-refractivity contribution in [1.82, 2.24) is 14.5 Å². The molecule has 12 heteroatoms. The topological polar surface area (TPSA) is 113 Å². The van der Waals surface area contributed by atoms with Gasteiger partial charge in [0, 0.05) is 35.4 Å². The minimum absolute atomic E-state index is 0.0166. The number of likely N-dealkylation sites (tertiary alicyclic amines) is 2. The average molecular weight is 517 g/mol. The monoisotopic (exact) mass is 516 g/mol. The summed E-state index contributed by atoms with van der Waals surface area (Å²) in [6, 6.07) is 6.01. The number of nitrogens with two attached hydrogens (primary N) is 1. The van der Waals surface area contributed by atoms with Crippen molar-refractivity contribution in [3.05, 3.63) is 28.6 Å². The number of hydrogen-bond acceptors (Lipinski definition) is 7. The van der Waals surface area contributed by atoms with Crippen molar-refractivity contribution in [2.24, 2.45) is 5.73 Å². The second-order valence-corrected chi connectivity index (χ2v) is 12.7. The third kappa shape index (κ3) is 5.02. The molecule has 2 fully saturated rings. The Kier molecular flexibility index (Phi) is 7.23. The highest BCUT2D eigenvalue weighted by atomic mass is 35.5. The number of halogens is 1. The van der Waals surface area contributed by atoms with E-state index in [1.165, 1.54) is 22.3 Å². The SMILES string of the molecule is NC[C@@H]1CCCN1C(=O)CN1CCCC(NS(=O)(=O)c2ccc(-c3ccc(Cl)s3)s2)C1=O. The maximum Gasteiger partial charge on any atom is 0.250 e. The Labute approximate surface area is 200 Å². The molecule has 0 aromatic carbocycles. The second-order valence-electron chi connectivity index (χ2n) is 7.92. The summed E-state index contributed by atoms with van der Waals surface area (Å²) in [4.78, 5) is 30.6. The summed E-state index contributed by atoms with van der Waals surface area (Å²) in [6.07, 6.45) is 2.80. The van der Waals surface area contributed by atoms with E-state index in [2.05, 4.69) is 4.72 Å². The van der Waals surface area contributed by atoms with Crippen LogP contribution in [0.15, 0.2) is 28.5 Å². The predicted octanol–water partition coefficient (Wildman–Crippen LogP) is 2.35. The van der Waals surface area contributed by atoms with E-state index in [4.69, 9.17) is 17.3 Å². The molecule has 2 aliphatic rings. The van der Waals surface area contributed by atoms with E-state index in [-0.39, 0.29) is 28.6 Å². The van der Waals surface area contributed by atoms with Crippen LogP contribution in [0.3, 0.4) is 0 Å². The van der Waals surface area contributed by atoms with Crippen LogP contribution in [0.4, 0.5) is 0 Å². The predicted molar refractivity (Wildman–Crippen MR) is 126 cm³/mol. The van der Waals surface area contributed by atoms with Crippen LogP contribution in [0.5, 0.6) is 0 Å². The Morgan fingerprint density at radius 3 is 2.56 bits per heavy atom. The summed E-state index contributed by atoms with van der Waals surface area (Å²) in [5, 5.41) is 0. The number of hydrogen-bond donors (Lipinski definition) is 2. The minimum Gasteiger partial charge on any atom is -0.337 e. The highest BCUT2D eigenvalue weighted by Gasteiger charge is 2.36. The van der Waals surface area contributed by atoms with Crippen LogP contribution in [0.25, 0.3) is 9.75 Å². The zero-order chi connectivity index (χ0) is 22.9. The molecule has 1 unspecified atom stereocenters. The molecule has 8 nitrogen and oxygen atoms in total. The molecule has 32 heavy (non-hydrogen) atoms. The van der Waals surface area contributed by atoms with Crippen molar-refractivity contribution in [2.45, 2.75) is 42.0 Å². The Balaban J connectivity index is 1.42. The van der Waals surface area contributed by atoms with Gasteiger partial charge in [0.2, 0.25) is 11.8 Å². The van der Waals surface area contributed by atoms with Gasteiger partial charge in [0.05, 0.1) is 10.9 Å². The molecular weight excluding hydrogens is 492 g/mol. The summed E-state index contributed by atoms with van der Waals surface area (Å²) in [5.41, 5.74) is 5.75. The molecule has 2 amide bonds. The number of amides is 2. The second kappa shape index (κ2) is 9.78. The van der Waals surface area contributed by atoms with Gasteiger partial charge in [-0.25, -0.2) is 8.42 Å². The van der Waals surface area contributed by atoms with Gasteiger partial charge in [-0.05, 0) is 49.9 Å². The molecule has 0 bridgehead atoms. The molecule has 2 aliphatic heterocycles. The molecule has 2 aromatic rings. The Hall–Kier alpha value is -1.50. The van der Waals surface area contributed by atoms with Crippen LogP contribution in [-0.4, -0.2) is 68.3 Å². The lowest BCUT2D eigenvalue weighted by molar-refractivity contribution is -0.143. The Morgan fingerprint density at radius 1 is 1.12 bits per heavy atom. The molecule has 174 valence electrons. The van der Waals surface area contributed by atoms with E-state index >= 15 is 0 Å². The summed E-state index contributed by atoms with van der Waals surface area (Å²) < 4.78 is 29.2. The molecule has 0 spiro atoms. The maximum atomic E-state index is 13.0. The maximum absolute atomic E-state index is 13.0. The standard InChI is InChI=1S/C20H25ClN4O4S3/c21-17-7-5-15(30-17)16-6-8-19(31-16)32(28,29)23-14-4-2-9-24(20(14)27)12-18(26)25-10-1-3-13(25)11-22/h5-8,13-14,23H,1-4,9-12,22H2/t13-,14?/m0/s1. The van der Waals surface area contributed by atoms with Gasteiger partial charge in [-0.2, -0.15) is 4.72 Å². The van der Waals surface area contributed by atoms with Crippen LogP contribution in [-0.2, 0) is 19.6 Å². The van der Waals surface area contributed by atoms with Crippen molar-refractivity contribution in [2.75, 3.05) is 26.2 Å². The first-order valence-electron chi connectivity index (χ1n) is 10.4. The molecule has 2 saturated heterocycles. The molecule has 4 heterocycles. The summed E-state index contributed by atoms with van der Waals surface area (Å²) in [6.45, 7) is 1.44. The number of nitrogens with one attached hydrogen (secondary N) is 1. The molecule has 4 rings (SSSR count). The van der Waals surface area contributed by atoms with Crippen LogP contribution in [0, 0.1) is 0 Å².